The van der Waals surface area contributed by atoms with Crippen LogP contribution in [0.2, 0.25) is 0 Å². The van der Waals surface area contributed by atoms with E-state index in [2.05, 4.69) is 19.2 Å². The van der Waals surface area contributed by atoms with E-state index >= 15 is 0 Å². The molecule has 0 saturated heterocycles. The highest BCUT2D eigenvalue weighted by atomic mass is 16.3. The van der Waals surface area contributed by atoms with Gasteiger partial charge in [-0.25, -0.2) is 0 Å². The highest BCUT2D eigenvalue weighted by Gasteiger charge is 2.30. The van der Waals surface area contributed by atoms with Crippen molar-refractivity contribution in [3.05, 3.63) is 23.3 Å². The largest absolute Gasteiger partial charge is 0.504 e. The van der Waals surface area contributed by atoms with E-state index in [-0.39, 0.29) is 17.5 Å². The number of unbranched alkanes of at least 4 members (excludes halogenated alkanes) is 1. The van der Waals surface area contributed by atoms with E-state index < -0.39 is 6.10 Å². The Morgan fingerprint density at radius 1 is 1.35 bits per heavy atom. The topological polar surface area (TPSA) is 72.7 Å². The van der Waals surface area contributed by atoms with Gasteiger partial charge in [-0.1, -0.05) is 25.8 Å². The Kier molecular flexibility index (Phi) is 4.89. The number of hydrogen-bond acceptors (Lipinski definition) is 4. The minimum Gasteiger partial charge on any atom is -0.504 e. The molecule has 112 valence electrons. The lowest BCUT2D eigenvalue weighted by molar-refractivity contribution is 0.107. The molecule has 0 spiro atoms. The van der Waals surface area contributed by atoms with Crippen LogP contribution in [0.1, 0.15) is 56.8 Å². The summed E-state index contributed by atoms with van der Waals surface area (Å²) >= 11 is 0. The third-order valence-corrected chi connectivity index (χ3v) is 4.19. The zero-order chi connectivity index (χ0) is 14.7. The van der Waals surface area contributed by atoms with Gasteiger partial charge in [0.1, 0.15) is 0 Å². The monoisotopic (exact) mass is 279 g/mol. The molecular weight excluding hydrogens is 254 g/mol. The molecule has 3 unspecified atom stereocenters. The number of benzene rings is 1. The van der Waals surface area contributed by atoms with Crippen molar-refractivity contribution in [3.63, 3.8) is 0 Å². The molecule has 0 saturated carbocycles. The first-order chi connectivity index (χ1) is 9.54. The molecule has 0 aromatic heterocycles. The fraction of sp³-hybridized carbons (Fsp3) is 0.625. The fourth-order valence-corrected chi connectivity index (χ4v) is 2.99. The summed E-state index contributed by atoms with van der Waals surface area (Å²) in [4.78, 5) is 0. The molecule has 3 atom stereocenters. The molecule has 1 aliphatic rings. The van der Waals surface area contributed by atoms with Gasteiger partial charge in [-0.2, -0.15) is 0 Å². The summed E-state index contributed by atoms with van der Waals surface area (Å²) in [5.74, 6) is -0.197. The predicted molar refractivity (Wildman–Crippen MR) is 79.0 cm³/mol. The normalized spacial score (nSPS) is 23.4. The smallest absolute Gasteiger partial charge is 0.161 e. The Hall–Kier alpha value is -1.26. The van der Waals surface area contributed by atoms with Crippen LogP contribution in [0.3, 0.4) is 0 Å². The van der Waals surface area contributed by atoms with Crippen molar-refractivity contribution in [1.29, 1.82) is 0 Å². The molecule has 0 amide bonds. The molecule has 2 rings (SSSR count). The maximum Gasteiger partial charge on any atom is 0.161 e. The van der Waals surface area contributed by atoms with E-state index in [0.717, 1.165) is 18.4 Å². The molecule has 1 aromatic rings. The van der Waals surface area contributed by atoms with Gasteiger partial charge in [-0.05, 0) is 37.8 Å². The first-order valence-electron chi connectivity index (χ1n) is 7.52. The van der Waals surface area contributed by atoms with Crippen molar-refractivity contribution < 1.29 is 15.3 Å². The summed E-state index contributed by atoms with van der Waals surface area (Å²) in [7, 11) is 0. The van der Waals surface area contributed by atoms with Gasteiger partial charge in [0, 0.05) is 17.6 Å². The molecule has 0 heterocycles. The van der Waals surface area contributed by atoms with E-state index in [9.17, 15) is 15.3 Å². The second-order valence-electron chi connectivity index (χ2n) is 5.80. The quantitative estimate of drug-likeness (QED) is 0.625. The molecule has 0 radical (unpaired) electrons. The first kappa shape index (κ1) is 15.1. The molecule has 0 bridgehead atoms. The summed E-state index contributed by atoms with van der Waals surface area (Å²) in [5, 5.41) is 33.3. The van der Waals surface area contributed by atoms with Gasteiger partial charge in [-0.15, -0.1) is 0 Å². The van der Waals surface area contributed by atoms with Crippen molar-refractivity contribution in [2.45, 2.75) is 64.1 Å². The number of nitrogens with one attached hydrogen (secondary N) is 1. The molecule has 1 aromatic carbocycles. The zero-order valence-corrected chi connectivity index (χ0v) is 12.3. The summed E-state index contributed by atoms with van der Waals surface area (Å²) in [6.45, 7) is 4.32. The lowest BCUT2D eigenvalue weighted by Gasteiger charge is -2.33. The molecule has 0 fully saturated rings. The molecule has 4 nitrogen and oxygen atoms in total. The number of rotatable bonds is 5. The fourth-order valence-electron chi connectivity index (χ4n) is 2.99. The second kappa shape index (κ2) is 6.46. The highest BCUT2D eigenvalue weighted by Crippen LogP contribution is 2.39. The molecule has 20 heavy (non-hydrogen) atoms. The van der Waals surface area contributed by atoms with Crippen LogP contribution in [-0.4, -0.2) is 27.4 Å². The van der Waals surface area contributed by atoms with Crippen LogP contribution in [-0.2, 0) is 6.42 Å². The van der Waals surface area contributed by atoms with Crippen molar-refractivity contribution in [2.75, 3.05) is 0 Å². The summed E-state index contributed by atoms with van der Waals surface area (Å²) in [6.07, 6.45) is 4.27. The van der Waals surface area contributed by atoms with Crippen LogP contribution >= 0.6 is 0 Å². The van der Waals surface area contributed by atoms with Crippen LogP contribution in [0.4, 0.5) is 0 Å². The Balaban J connectivity index is 2.08. The second-order valence-corrected chi connectivity index (χ2v) is 5.80. The van der Waals surface area contributed by atoms with Crippen molar-refractivity contribution in [3.8, 4) is 11.5 Å². The molecule has 0 aliphatic heterocycles. The van der Waals surface area contributed by atoms with Gasteiger partial charge >= 0.3 is 0 Å². The summed E-state index contributed by atoms with van der Waals surface area (Å²) in [5.41, 5.74) is 1.41. The Labute approximate surface area is 120 Å². The molecular formula is C16H25NO3. The van der Waals surface area contributed by atoms with E-state index in [4.69, 9.17) is 0 Å². The van der Waals surface area contributed by atoms with Crippen LogP contribution in [0.25, 0.3) is 0 Å². The summed E-state index contributed by atoms with van der Waals surface area (Å²) in [6, 6.07) is 3.54. The number of hydrogen-bond donors (Lipinski definition) is 4. The van der Waals surface area contributed by atoms with Gasteiger partial charge in [0.25, 0.3) is 0 Å². The predicted octanol–water partition coefficient (Wildman–Crippen LogP) is 2.61. The van der Waals surface area contributed by atoms with Gasteiger partial charge < -0.3 is 20.6 Å². The van der Waals surface area contributed by atoms with Crippen LogP contribution in [0.5, 0.6) is 11.5 Å². The van der Waals surface area contributed by atoms with E-state index in [1.165, 1.54) is 18.9 Å². The highest BCUT2D eigenvalue weighted by molar-refractivity contribution is 5.51. The lowest BCUT2D eigenvalue weighted by atomic mass is 9.84. The molecule has 1 aliphatic carbocycles. The van der Waals surface area contributed by atoms with Crippen molar-refractivity contribution >= 4 is 0 Å². The van der Waals surface area contributed by atoms with Gasteiger partial charge in [0.05, 0.1) is 6.10 Å². The third-order valence-electron chi connectivity index (χ3n) is 4.19. The average molecular weight is 279 g/mol. The number of aliphatic hydroxyl groups is 1. The van der Waals surface area contributed by atoms with Crippen LogP contribution < -0.4 is 5.32 Å². The van der Waals surface area contributed by atoms with E-state index in [0.29, 0.717) is 18.0 Å². The number of phenols is 2. The lowest BCUT2D eigenvalue weighted by Crippen LogP contribution is -2.43. The molecule has 4 N–H and O–H groups in total. The minimum absolute atomic E-state index is 0.0123. The minimum atomic E-state index is -0.630. The Bertz CT molecular complexity index is 461. The number of phenolic OH excluding ortho intramolecular Hbond substituents is 2. The maximum absolute atomic E-state index is 10.5. The van der Waals surface area contributed by atoms with Gasteiger partial charge in [0.15, 0.2) is 11.5 Å². The zero-order valence-electron chi connectivity index (χ0n) is 12.3. The Morgan fingerprint density at radius 2 is 2.10 bits per heavy atom. The van der Waals surface area contributed by atoms with Crippen molar-refractivity contribution in [2.24, 2.45) is 0 Å². The Morgan fingerprint density at radius 3 is 2.80 bits per heavy atom. The average Bonchev–Trinajstić information content (AvgIpc) is 2.43. The number of aromatic hydroxyl groups is 2. The van der Waals surface area contributed by atoms with Crippen molar-refractivity contribution in [1.82, 2.24) is 5.32 Å². The maximum atomic E-state index is 10.5. The first-order valence-corrected chi connectivity index (χ1v) is 7.52. The van der Waals surface area contributed by atoms with E-state index in [1.807, 2.05) is 0 Å². The standard InChI is InChI=1S/C16H25NO3/c1-3-4-5-10(2)17-13-8-6-12-11(15(13)19)7-9-14(18)16(12)20/h7,9-10,13,15,17-20H,3-6,8H2,1-2H3. The van der Waals surface area contributed by atoms with Crippen LogP contribution in [0, 0.1) is 0 Å². The SMILES string of the molecule is CCCCC(C)NC1CCc2c(ccc(O)c2O)C1O. The summed E-state index contributed by atoms with van der Waals surface area (Å²) < 4.78 is 0. The number of fused-ring (bicyclic) bond motifs is 1. The van der Waals surface area contributed by atoms with E-state index in [1.54, 1.807) is 6.07 Å². The number of aliphatic hydroxyl groups excluding tert-OH is 1. The molecule has 4 heteroatoms. The van der Waals surface area contributed by atoms with Gasteiger partial charge in [-0.3, -0.25) is 0 Å². The third kappa shape index (κ3) is 3.07. The van der Waals surface area contributed by atoms with Crippen LogP contribution in [0.15, 0.2) is 12.1 Å². The van der Waals surface area contributed by atoms with Gasteiger partial charge in [0.2, 0.25) is 0 Å².